The first-order valence-electron chi connectivity index (χ1n) is 7.68. The van der Waals surface area contributed by atoms with Crippen LogP contribution in [0.15, 0.2) is 24.3 Å². The van der Waals surface area contributed by atoms with Crippen LogP contribution < -0.4 is 5.32 Å². The Bertz CT molecular complexity index is 499. The maximum absolute atomic E-state index is 12.8. The maximum atomic E-state index is 12.8. The summed E-state index contributed by atoms with van der Waals surface area (Å²) < 4.78 is 0. The molecular weight excluding hydrogens is 248 g/mol. The van der Waals surface area contributed by atoms with Gasteiger partial charge in [-0.2, -0.15) is 0 Å². The number of benzene rings is 1. The van der Waals surface area contributed by atoms with E-state index in [1.54, 1.807) is 0 Å². The lowest BCUT2D eigenvalue weighted by Gasteiger charge is -2.39. The van der Waals surface area contributed by atoms with Crippen molar-refractivity contribution in [3.05, 3.63) is 29.8 Å². The van der Waals surface area contributed by atoms with Crippen LogP contribution in [-0.4, -0.2) is 30.4 Å². The number of nitrogens with one attached hydrogen (secondary N) is 1. The molecule has 1 aromatic rings. The van der Waals surface area contributed by atoms with Crippen molar-refractivity contribution in [3.8, 4) is 0 Å². The number of hydrogen-bond donors (Lipinski definition) is 1. The molecule has 1 fully saturated rings. The number of carbonyl (C=O) groups excluding carboxylic acids is 1. The van der Waals surface area contributed by atoms with Gasteiger partial charge in [0.05, 0.1) is 5.92 Å². The monoisotopic (exact) mass is 272 g/mol. The lowest BCUT2D eigenvalue weighted by molar-refractivity contribution is -0.135. The fourth-order valence-electron chi connectivity index (χ4n) is 3.28. The van der Waals surface area contributed by atoms with E-state index in [4.69, 9.17) is 0 Å². The Morgan fingerprint density at radius 2 is 1.95 bits per heavy atom. The van der Waals surface area contributed by atoms with Crippen molar-refractivity contribution in [2.75, 3.05) is 25.0 Å². The highest BCUT2D eigenvalue weighted by molar-refractivity contribution is 5.86. The summed E-state index contributed by atoms with van der Waals surface area (Å²) in [5.74, 6) is 0.378. The van der Waals surface area contributed by atoms with Crippen LogP contribution >= 0.6 is 0 Å². The smallest absolute Gasteiger partial charge is 0.230 e. The van der Waals surface area contributed by atoms with E-state index in [0.717, 1.165) is 44.6 Å². The minimum atomic E-state index is 0.0497. The van der Waals surface area contributed by atoms with Crippen molar-refractivity contribution in [1.29, 1.82) is 0 Å². The topological polar surface area (TPSA) is 32.3 Å². The van der Waals surface area contributed by atoms with Crippen LogP contribution in [0.4, 0.5) is 5.69 Å². The molecule has 3 heteroatoms. The Labute approximate surface area is 121 Å². The Kier molecular flexibility index (Phi) is 3.45. The van der Waals surface area contributed by atoms with Crippen molar-refractivity contribution in [3.63, 3.8) is 0 Å². The lowest BCUT2D eigenvalue weighted by Crippen LogP contribution is -2.44. The lowest BCUT2D eigenvalue weighted by atomic mass is 9.81. The predicted molar refractivity (Wildman–Crippen MR) is 81.9 cm³/mol. The number of hydrogen-bond acceptors (Lipinski definition) is 2. The molecule has 0 spiro atoms. The molecule has 1 saturated heterocycles. The maximum Gasteiger partial charge on any atom is 0.230 e. The standard InChI is InChI=1S/C17H24N2O/c1-17(2)8-11-19(12-9-17)16(20)14-7-10-18-15-6-4-3-5-13(14)15/h3-6,14,18H,7-12H2,1-2H3. The van der Waals surface area contributed by atoms with Crippen LogP contribution in [0.1, 0.15) is 44.6 Å². The Morgan fingerprint density at radius 1 is 1.25 bits per heavy atom. The van der Waals surface area contributed by atoms with Crippen molar-refractivity contribution < 1.29 is 4.79 Å². The summed E-state index contributed by atoms with van der Waals surface area (Å²) in [6.45, 7) is 7.33. The molecule has 3 rings (SSSR count). The number of carbonyl (C=O) groups is 1. The molecule has 1 amide bonds. The number of para-hydroxylation sites is 1. The minimum Gasteiger partial charge on any atom is -0.385 e. The van der Waals surface area contributed by atoms with Crippen LogP contribution in [0.5, 0.6) is 0 Å². The fraction of sp³-hybridized carbons (Fsp3) is 0.588. The van der Waals surface area contributed by atoms with E-state index < -0.39 is 0 Å². The van der Waals surface area contributed by atoms with E-state index in [2.05, 4.69) is 36.2 Å². The van der Waals surface area contributed by atoms with Crippen molar-refractivity contribution in [2.45, 2.75) is 39.0 Å². The van der Waals surface area contributed by atoms with Gasteiger partial charge in [-0.15, -0.1) is 0 Å². The zero-order valence-corrected chi connectivity index (χ0v) is 12.5. The molecule has 2 aliphatic rings. The zero-order valence-electron chi connectivity index (χ0n) is 12.5. The van der Waals surface area contributed by atoms with E-state index >= 15 is 0 Å². The van der Waals surface area contributed by atoms with E-state index in [0.29, 0.717) is 11.3 Å². The normalized spacial score (nSPS) is 24.7. The first-order valence-corrected chi connectivity index (χ1v) is 7.68. The molecule has 0 aromatic heterocycles. The van der Waals surface area contributed by atoms with Gasteiger partial charge in [0.1, 0.15) is 0 Å². The molecule has 0 saturated carbocycles. The molecule has 0 radical (unpaired) electrons. The second-order valence-electron chi connectivity index (χ2n) is 6.84. The average Bonchev–Trinajstić information content (AvgIpc) is 2.46. The van der Waals surface area contributed by atoms with E-state index in [1.165, 1.54) is 5.56 Å². The highest BCUT2D eigenvalue weighted by Crippen LogP contribution is 2.35. The first-order chi connectivity index (χ1) is 9.57. The van der Waals surface area contributed by atoms with Gasteiger partial charge < -0.3 is 10.2 Å². The summed E-state index contributed by atoms with van der Waals surface area (Å²) in [5.41, 5.74) is 2.70. The molecule has 0 bridgehead atoms. The summed E-state index contributed by atoms with van der Waals surface area (Å²) in [5, 5.41) is 3.39. The number of fused-ring (bicyclic) bond motifs is 1. The Balaban J connectivity index is 1.76. The van der Waals surface area contributed by atoms with Gasteiger partial charge in [0.2, 0.25) is 5.91 Å². The summed E-state index contributed by atoms with van der Waals surface area (Å²) in [6, 6.07) is 8.24. The van der Waals surface area contributed by atoms with Crippen LogP contribution in [0.25, 0.3) is 0 Å². The third kappa shape index (κ3) is 2.54. The van der Waals surface area contributed by atoms with Gasteiger partial charge in [0.25, 0.3) is 0 Å². The van der Waals surface area contributed by atoms with Gasteiger partial charge in [0, 0.05) is 25.3 Å². The van der Waals surface area contributed by atoms with Crippen LogP contribution in [0.3, 0.4) is 0 Å². The number of rotatable bonds is 1. The van der Waals surface area contributed by atoms with Gasteiger partial charge in [-0.3, -0.25) is 4.79 Å². The second-order valence-corrected chi connectivity index (χ2v) is 6.84. The fourth-order valence-corrected chi connectivity index (χ4v) is 3.28. The summed E-state index contributed by atoms with van der Waals surface area (Å²) in [4.78, 5) is 14.9. The highest BCUT2D eigenvalue weighted by atomic mass is 16.2. The average molecular weight is 272 g/mol. The molecule has 20 heavy (non-hydrogen) atoms. The van der Waals surface area contributed by atoms with Crippen LogP contribution in [0, 0.1) is 5.41 Å². The quantitative estimate of drug-likeness (QED) is 0.851. The molecule has 1 atom stereocenters. The molecule has 2 heterocycles. The highest BCUT2D eigenvalue weighted by Gasteiger charge is 2.33. The Morgan fingerprint density at radius 3 is 2.70 bits per heavy atom. The summed E-state index contributed by atoms with van der Waals surface area (Å²) in [6.07, 6.45) is 3.15. The van der Waals surface area contributed by atoms with E-state index in [-0.39, 0.29) is 5.92 Å². The molecule has 1 unspecified atom stereocenters. The van der Waals surface area contributed by atoms with Gasteiger partial charge in [-0.25, -0.2) is 0 Å². The SMILES string of the molecule is CC1(C)CCN(C(=O)C2CCNc3ccccc32)CC1. The molecule has 1 N–H and O–H groups in total. The van der Waals surface area contributed by atoms with E-state index in [9.17, 15) is 4.79 Å². The minimum absolute atomic E-state index is 0.0497. The van der Waals surface area contributed by atoms with Gasteiger partial charge in [-0.05, 0) is 36.3 Å². The van der Waals surface area contributed by atoms with Crippen molar-refractivity contribution >= 4 is 11.6 Å². The molecule has 3 nitrogen and oxygen atoms in total. The number of likely N-dealkylation sites (tertiary alicyclic amines) is 1. The molecule has 108 valence electrons. The third-order valence-corrected chi connectivity index (χ3v) is 4.81. The largest absolute Gasteiger partial charge is 0.385 e. The Hall–Kier alpha value is -1.51. The number of piperidine rings is 1. The summed E-state index contributed by atoms with van der Waals surface area (Å²) >= 11 is 0. The molecule has 1 aromatic carbocycles. The first kappa shape index (κ1) is 13.5. The van der Waals surface area contributed by atoms with Crippen molar-refractivity contribution in [2.24, 2.45) is 5.41 Å². The van der Waals surface area contributed by atoms with Gasteiger partial charge in [0.15, 0.2) is 0 Å². The van der Waals surface area contributed by atoms with Crippen LogP contribution in [0.2, 0.25) is 0 Å². The number of anilines is 1. The summed E-state index contributed by atoms with van der Waals surface area (Å²) in [7, 11) is 0. The number of amides is 1. The van der Waals surface area contributed by atoms with Gasteiger partial charge in [-0.1, -0.05) is 32.0 Å². The zero-order chi connectivity index (χ0) is 14.2. The van der Waals surface area contributed by atoms with Crippen LogP contribution in [-0.2, 0) is 4.79 Å². The van der Waals surface area contributed by atoms with Gasteiger partial charge >= 0.3 is 0 Å². The predicted octanol–water partition coefficient (Wildman–Crippen LogP) is 3.23. The third-order valence-electron chi connectivity index (χ3n) is 4.81. The second kappa shape index (κ2) is 5.12. The van der Waals surface area contributed by atoms with Crippen molar-refractivity contribution in [1.82, 2.24) is 4.90 Å². The van der Waals surface area contributed by atoms with E-state index in [1.807, 2.05) is 12.1 Å². The molecular formula is C17H24N2O. The molecule has 0 aliphatic carbocycles. The number of nitrogens with zero attached hydrogens (tertiary/aromatic N) is 1. The molecule has 2 aliphatic heterocycles.